The number of piperidine rings is 1. The molecule has 1 amide bonds. The largest absolute Gasteiger partial charge is 0.465 e. The Bertz CT molecular complexity index is 217. The third-order valence-electron chi connectivity index (χ3n) is 2.88. The van der Waals surface area contributed by atoms with Gasteiger partial charge in [0.15, 0.2) is 0 Å². The number of carbonyl (C=O) groups is 1. The first kappa shape index (κ1) is 12.3. The summed E-state index contributed by atoms with van der Waals surface area (Å²) in [5.74, 6) is 0.467. The van der Waals surface area contributed by atoms with Crippen LogP contribution < -0.4 is 5.32 Å². The molecule has 0 radical (unpaired) electrons. The van der Waals surface area contributed by atoms with Gasteiger partial charge in [-0.15, -0.1) is 0 Å². The molecule has 1 aliphatic rings. The highest BCUT2D eigenvalue weighted by Crippen LogP contribution is 2.19. The number of hydrogen-bond donors (Lipinski definition) is 2. The fraction of sp³-hybridized carbons (Fsp3) is 0.909. The van der Waals surface area contributed by atoms with Crippen LogP contribution in [0.3, 0.4) is 0 Å². The van der Waals surface area contributed by atoms with Gasteiger partial charge in [0.05, 0.1) is 0 Å². The van der Waals surface area contributed by atoms with E-state index in [9.17, 15) is 4.79 Å². The maximum absolute atomic E-state index is 11.1. The highest BCUT2D eigenvalue weighted by Gasteiger charge is 2.28. The standard InChI is InChI=1S/C11H22N2O2/c1-11(2,3)13(10(14)15)8-9-5-4-6-12-7-9/h9,12H,4-8H2,1-3H3,(H,14,15). The summed E-state index contributed by atoms with van der Waals surface area (Å²) in [6, 6.07) is 0. The molecule has 1 unspecified atom stereocenters. The van der Waals surface area contributed by atoms with Gasteiger partial charge in [-0.25, -0.2) is 4.79 Å². The second kappa shape index (κ2) is 4.84. The molecule has 1 saturated heterocycles. The molecule has 15 heavy (non-hydrogen) atoms. The van der Waals surface area contributed by atoms with Crippen LogP contribution in [0.5, 0.6) is 0 Å². The molecule has 0 saturated carbocycles. The van der Waals surface area contributed by atoms with Crippen LogP contribution in [0, 0.1) is 5.92 Å². The molecular formula is C11H22N2O2. The fourth-order valence-corrected chi connectivity index (χ4v) is 1.98. The van der Waals surface area contributed by atoms with Crippen molar-refractivity contribution >= 4 is 6.09 Å². The maximum Gasteiger partial charge on any atom is 0.407 e. The van der Waals surface area contributed by atoms with Crippen molar-refractivity contribution in [3.05, 3.63) is 0 Å². The fourth-order valence-electron chi connectivity index (χ4n) is 1.98. The van der Waals surface area contributed by atoms with Crippen molar-refractivity contribution in [3.63, 3.8) is 0 Å². The molecule has 4 nitrogen and oxygen atoms in total. The first-order valence-electron chi connectivity index (χ1n) is 5.62. The normalized spacial score (nSPS) is 22.5. The maximum atomic E-state index is 11.1. The van der Waals surface area contributed by atoms with E-state index in [0.717, 1.165) is 25.9 Å². The molecule has 88 valence electrons. The van der Waals surface area contributed by atoms with Gasteiger partial charge in [0.2, 0.25) is 0 Å². The average Bonchev–Trinajstić information content (AvgIpc) is 2.13. The van der Waals surface area contributed by atoms with E-state index in [4.69, 9.17) is 5.11 Å². The van der Waals surface area contributed by atoms with Gasteiger partial charge in [0.25, 0.3) is 0 Å². The van der Waals surface area contributed by atoms with E-state index in [-0.39, 0.29) is 5.54 Å². The third-order valence-corrected chi connectivity index (χ3v) is 2.88. The summed E-state index contributed by atoms with van der Waals surface area (Å²) < 4.78 is 0. The smallest absolute Gasteiger partial charge is 0.407 e. The Balaban J connectivity index is 2.54. The van der Waals surface area contributed by atoms with E-state index in [0.29, 0.717) is 12.5 Å². The molecule has 2 N–H and O–H groups in total. The van der Waals surface area contributed by atoms with Crippen LogP contribution in [0.15, 0.2) is 0 Å². The highest BCUT2D eigenvalue weighted by atomic mass is 16.4. The van der Waals surface area contributed by atoms with Gasteiger partial charge in [-0.05, 0) is 52.6 Å². The zero-order valence-corrected chi connectivity index (χ0v) is 9.92. The molecule has 0 aliphatic carbocycles. The Labute approximate surface area is 91.6 Å². The van der Waals surface area contributed by atoms with Crippen LogP contribution in [0.25, 0.3) is 0 Å². The Morgan fingerprint density at radius 3 is 2.60 bits per heavy atom. The van der Waals surface area contributed by atoms with Crippen molar-refractivity contribution < 1.29 is 9.90 Å². The molecule has 4 heteroatoms. The lowest BCUT2D eigenvalue weighted by atomic mass is 9.96. The molecule has 0 bridgehead atoms. The molecule has 0 aromatic carbocycles. The van der Waals surface area contributed by atoms with E-state index in [1.165, 1.54) is 0 Å². The summed E-state index contributed by atoms with van der Waals surface area (Å²) >= 11 is 0. The van der Waals surface area contributed by atoms with Crippen LogP contribution in [-0.2, 0) is 0 Å². The molecule has 1 rings (SSSR count). The van der Waals surface area contributed by atoms with Crippen molar-refractivity contribution in [2.24, 2.45) is 5.92 Å². The third kappa shape index (κ3) is 3.70. The average molecular weight is 214 g/mol. The first-order valence-corrected chi connectivity index (χ1v) is 5.62. The van der Waals surface area contributed by atoms with Crippen LogP contribution in [0.4, 0.5) is 4.79 Å². The Kier molecular flexibility index (Phi) is 3.97. The second-order valence-corrected chi connectivity index (χ2v) is 5.28. The molecular weight excluding hydrogens is 192 g/mol. The van der Waals surface area contributed by atoms with E-state index in [1.54, 1.807) is 4.90 Å². The van der Waals surface area contributed by atoms with Gasteiger partial charge in [0.1, 0.15) is 0 Å². The SMILES string of the molecule is CC(C)(C)N(CC1CCCNC1)C(=O)O. The summed E-state index contributed by atoms with van der Waals surface area (Å²) in [4.78, 5) is 12.7. The van der Waals surface area contributed by atoms with Crippen LogP contribution in [0.1, 0.15) is 33.6 Å². The molecule has 1 heterocycles. The van der Waals surface area contributed by atoms with Crippen LogP contribution in [-0.4, -0.2) is 41.3 Å². The van der Waals surface area contributed by atoms with Crippen molar-refractivity contribution in [1.82, 2.24) is 10.2 Å². The van der Waals surface area contributed by atoms with Crippen molar-refractivity contribution in [2.45, 2.75) is 39.2 Å². The summed E-state index contributed by atoms with van der Waals surface area (Å²) in [7, 11) is 0. The topological polar surface area (TPSA) is 52.6 Å². The molecule has 0 spiro atoms. The van der Waals surface area contributed by atoms with Crippen LogP contribution in [0.2, 0.25) is 0 Å². The quantitative estimate of drug-likeness (QED) is 0.736. The summed E-state index contributed by atoms with van der Waals surface area (Å²) in [6.45, 7) is 8.48. The lowest BCUT2D eigenvalue weighted by Crippen LogP contribution is -2.49. The Morgan fingerprint density at radius 1 is 1.53 bits per heavy atom. The second-order valence-electron chi connectivity index (χ2n) is 5.28. The lowest BCUT2D eigenvalue weighted by molar-refractivity contribution is 0.0850. The Hall–Kier alpha value is -0.770. The Morgan fingerprint density at radius 2 is 2.20 bits per heavy atom. The number of nitrogens with one attached hydrogen (secondary N) is 1. The highest BCUT2D eigenvalue weighted by molar-refractivity contribution is 5.66. The zero-order chi connectivity index (χ0) is 11.5. The van der Waals surface area contributed by atoms with E-state index in [2.05, 4.69) is 5.32 Å². The number of hydrogen-bond acceptors (Lipinski definition) is 2. The molecule has 0 aromatic rings. The zero-order valence-electron chi connectivity index (χ0n) is 9.92. The number of amides is 1. The number of rotatable bonds is 2. The molecule has 1 fully saturated rings. The minimum atomic E-state index is -0.812. The molecule has 1 atom stereocenters. The first-order chi connectivity index (χ1) is 6.91. The van der Waals surface area contributed by atoms with Gasteiger partial charge in [-0.1, -0.05) is 0 Å². The van der Waals surface area contributed by atoms with Gasteiger partial charge in [0, 0.05) is 12.1 Å². The number of nitrogens with zero attached hydrogens (tertiary/aromatic N) is 1. The van der Waals surface area contributed by atoms with Crippen LogP contribution >= 0.6 is 0 Å². The monoisotopic (exact) mass is 214 g/mol. The van der Waals surface area contributed by atoms with Crippen molar-refractivity contribution in [3.8, 4) is 0 Å². The van der Waals surface area contributed by atoms with E-state index >= 15 is 0 Å². The molecule has 0 aromatic heterocycles. The minimum Gasteiger partial charge on any atom is -0.465 e. The van der Waals surface area contributed by atoms with Crippen molar-refractivity contribution in [2.75, 3.05) is 19.6 Å². The number of carboxylic acid groups (broad SMARTS) is 1. The summed E-state index contributed by atoms with van der Waals surface area (Å²) in [6.07, 6.45) is 1.47. The lowest BCUT2D eigenvalue weighted by Gasteiger charge is -2.37. The van der Waals surface area contributed by atoms with Gasteiger partial charge in [-0.3, -0.25) is 0 Å². The summed E-state index contributed by atoms with van der Waals surface area (Å²) in [5.41, 5.74) is -0.302. The van der Waals surface area contributed by atoms with Crippen molar-refractivity contribution in [1.29, 1.82) is 0 Å². The summed E-state index contributed by atoms with van der Waals surface area (Å²) in [5, 5.41) is 12.5. The minimum absolute atomic E-state index is 0.302. The van der Waals surface area contributed by atoms with E-state index in [1.807, 2.05) is 20.8 Å². The van der Waals surface area contributed by atoms with Gasteiger partial charge in [-0.2, -0.15) is 0 Å². The predicted octanol–water partition coefficient (Wildman–Crippen LogP) is 1.76. The van der Waals surface area contributed by atoms with Gasteiger partial charge >= 0.3 is 6.09 Å². The van der Waals surface area contributed by atoms with Gasteiger partial charge < -0.3 is 15.3 Å². The van der Waals surface area contributed by atoms with E-state index < -0.39 is 6.09 Å². The predicted molar refractivity (Wildman–Crippen MR) is 60.1 cm³/mol. The molecule has 1 aliphatic heterocycles.